The highest BCUT2D eigenvalue weighted by molar-refractivity contribution is 7.91. The first-order valence-electron chi connectivity index (χ1n) is 8.35. The van der Waals surface area contributed by atoms with Crippen molar-refractivity contribution in [2.75, 3.05) is 11.5 Å². The molecule has 0 aliphatic carbocycles. The van der Waals surface area contributed by atoms with Gasteiger partial charge in [0.05, 0.1) is 17.2 Å². The lowest BCUT2D eigenvalue weighted by atomic mass is 9.97. The van der Waals surface area contributed by atoms with E-state index in [0.717, 1.165) is 22.3 Å². The van der Waals surface area contributed by atoms with Crippen LogP contribution in [0.1, 0.15) is 33.6 Å². The van der Waals surface area contributed by atoms with Crippen LogP contribution in [0.2, 0.25) is 0 Å². The fourth-order valence-corrected chi connectivity index (χ4v) is 5.14. The zero-order valence-corrected chi connectivity index (χ0v) is 15.7. The minimum absolute atomic E-state index is 0.0673. The summed E-state index contributed by atoms with van der Waals surface area (Å²) in [5.41, 5.74) is 3.73. The molecule has 1 amide bonds. The molecular formula is C18H21N3O4S. The van der Waals surface area contributed by atoms with Gasteiger partial charge in [-0.05, 0) is 44.4 Å². The maximum Gasteiger partial charge on any atom is 0.346 e. The van der Waals surface area contributed by atoms with Crippen molar-refractivity contribution in [3.05, 3.63) is 51.1 Å². The molecule has 0 saturated carbocycles. The zero-order chi connectivity index (χ0) is 19.1. The van der Waals surface area contributed by atoms with Crippen LogP contribution in [0.5, 0.6) is 0 Å². The summed E-state index contributed by atoms with van der Waals surface area (Å²) in [5.74, 6) is -0.509. The number of nitrogens with zero attached hydrogens (tertiary/aromatic N) is 1. The first-order chi connectivity index (χ1) is 12.1. The molecule has 2 aromatic rings. The van der Waals surface area contributed by atoms with Gasteiger partial charge in [-0.15, -0.1) is 0 Å². The topological polar surface area (TPSA) is 109 Å². The molecule has 0 radical (unpaired) electrons. The van der Waals surface area contributed by atoms with Crippen molar-refractivity contribution in [2.45, 2.75) is 33.2 Å². The van der Waals surface area contributed by atoms with Gasteiger partial charge in [-0.2, -0.15) is 4.98 Å². The number of carbonyl (C=O) groups is 1. The Hall–Kier alpha value is -2.48. The highest BCUT2D eigenvalue weighted by Gasteiger charge is 2.29. The van der Waals surface area contributed by atoms with Crippen molar-refractivity contribution in [1.29, 1.82) is 0 Å². The molecule has 1 aromatic carbocycles. The van der Waals surface area contributed by atoms with Gasteiger partial charge in [-0.25, -0.2) is 13.2 Å². The monoisotopic (exact) mass is 375 g/mol. The normalized spacial score (nSPS) is 18.7. The Bertz CT molecular complexity index is 1020. The fraction of sp³-hybridized carbons (Fsp3) is 0.389. The van der Waals surface area contributed by atoms with Gasteiger partial charge in [-0.3, -0.25) is 4.79 Å². The Kier molecular flexibility index (Phi) is 4.70. The maximum atomic E-state index is 12.5. The second-order valence-corrected chi connectivity index (χ2v) is 9.06. The second kappa shape index (κ2) is 6.68. The number of carbonyl (C=O) groups excluding carboxylic acids is 1. The molecule has 1 aliphatic rings. The van der Waals surface area contributed by atoms with Gasteiger partial charge >= 0.3 is 5.69 Å². The molecule has 1 aromatic heterocycles. The molecule has 2 heterocycles. The maximum absolute atomic E-state index is 12.5. The molecule has 8 heteroatoms. The van der Waals surface area contributed by atoms with Gasteiger partial charge in [0.25, 0.3) is 5.91 Å². The van der Waals surface area contributed by atoms with Crippen molar-refractivity contribution >= 4 is 15.7 Å². The average Bonchev–Trinajstić information content (AvgIpc) is 2.84. The van der Waals surface area contributed by atoms with Crippen molar-refractivity contribution in [1.82, 2.24) is 15.3 Å². The second-order valence-electron chi connectivity index (χ2n) is 6.83. The number of aryl methyl sites for hydroxylation is 3. The Morgan fingerprint density at radius 1 is 1.19 bits per heavy atom. The predicted octanol–water partition coefficient (Wildman–Crippen LogP) is 1.28. The first kappa shape index (κ1) is 18.3. The standard InChI is InChI=1S/C18H21N3O4S/c1-10-6-11(2)16(12(3)7-10)14-8-15(21-18(23)20-14)17(22)19-13-4-5-26(24,25)9-13/h6-8,13H,4-5,9H2,1-3H3,(H,19,22)(H,20,21,23). The minimum atomic E-state index is -3.10. The highest BCUT2D eigenvalue weighted by Crippen LogP contribution is 2.26. The number of aromatic amines is 1. The van der Waals surface area contributed by atoms with Gasteiger partial charge in [0.2, 0.25) is 0 Å². The molecule has 1 saturated heterocycles. The van der Waals surface area contributed by atoms with Gasteiger partial charge in [0.1, 0.15) is 5.69 Å². The lowest BCUT2D eigenvalue weighted by Gasteiger charge is -2.13. The van der Waals surface area contributed by atoms with Crippen LogP contribution in [0.25, 0.3) is 11.3 Å². The van der Waals surface area contributed by atoms with Gasteiger partial charge in [0, 0.05) is 11.6 Å². The van der Waals surface area contributed by atoms with Crippen LogP contribution in [-0.4, -0.2) is 41.8 Å². The zero-order valence-electron chi connectivity index (χ0n) is 14.9. The van der Waals surface area contributed by atoms with Gasteiger partial charge in [0.15, 0.2) is 9.84 Å². The van der Waals surface area contributed by atoms with E-state index < -0.39 is 27.5 Å². The Labute approximate surface area is 151 Å². The van der Waals surface area contributed by atoms with Crippen molar-refractivity contribution in [2.24, 2.45) is 0 Å². The quantitative estimate of drug-likeness (QED) is 0.840. The van der Waals surface area contributed by atoms with E-state index in [-0.39, 0.29) is 17.2 Å². The SMILES string of the molecule is Cc1cc(C)c(-c2cc(C(=O)NC3CCS(=O)(=O)C3)[nH]c(=O)n2)c(C)c1. The number of benzene rings is 1. The van der Waals surface area contributed by atoms with Crippen LogP contribution >= 0.6 is 0 Å². The number of nitrogens with one attached hydrogen (secondary N) is 2. The molecule has 1 fully saturated rings. The van der Waals surface area contributed by atoms with Crippen molar-refractivity contribution in [3.8, 4) is 11.3 Å². The number of hydrogen-bond donors (Lipinski definition) is 2. The highest BCUT2D eigenvalue weighted by atomic mass is 32.2. The van der Waals surface area contributed by atoms with Crippen LogP contribution in [0.15, 0.2) is 23.0 Å². The van der Waals surface area contributed by atoms with Crippen LogP contribution in [0.3, 0.4) is 0 Å². The summed E-state index contributed by atoms with van der Waals surface area (Å²) in [6, 6.07) is 5.09. The molecule has 0 bridgehead atoms. The molecule has 1 atom stereocenters. The average molecular weight is 375 g/mol. The smallest absolute Gasteiger partial charge is 0.346 e. The van der Waals surface area contributed by atoms with Crippen LogP contribution in [0.4, 0.5) is 0 Å². The summed E-state index contributed by atoms with van der Waals surface area (Å²) in [4.78, 5) is 30.9. The summed E-state index contributed by atoms with van der Waals surface area (Å²) in [5, 5.41) is 2.68. The third-order valence-electron chi connectivity index (χ3n) is 4.49. The van der Waals surface area contributed by atoms with E-state index in [1.807, 2.05) is 32.9 Å². The van der Waals surface area contributed by atoms with E-state index in [4.69, 9.17) is 0 Å². The van der Waals surface area contributed by atoms with E-state index in [1.165, 1.54) is 6.07 Å². The Morgan fingerprint density at radius 2 is 1.85 bits per heavy atom. The third-order valence-corrected chi connectivity index (χ3v) is 6.26. The van der Waals surface area contributed by atoms with Crippen molar-refractivity contribution < 1.29 is 13.2 Å². The molecule has 3 rings (SSSR count). The third kappa shape index (κ3) is 3.85. The lowest BCUT2D eigenvalue weighted by molar-refractivity contribution is 0.0935. The number of aromatic nitrogens is 2. The number of hydrogen-bond acceptors (Lipinski definition) is 5. The number of H-pyrrole nitrogens is 1. The summed E-state index contributed by atoms with van der Waals surface area (Å²) in [6.45, 7) is 5.85. The van der Waals surface area contributed by atoms with E-state index in [1.54, 1.807) is 0 Å². The molecular weight excluding hydrogens is 354 g/mol. The fourth-order valence-electron chi connectivity index (χ4n) is 3.46. The number of sulfone groups is 1. The van der Waals surface area contributed by atoms with Gasteiger partial charge < -0.3 is 10.3 Å². The van der Waals surface area contributed by atoms with Gasteiger partial charge in [-0.1, -0.05) is 17.7 Å². The molecule has 138 valence electrons. The number of amides is 1. The van der Waals surface area contributed by atoms with Crippen LogP contribution in [-0.2, 0) is 9.84 Å². The molecule has 1 unspecified atom stereocenters. The summed E-state index contributed by atoms with van der Waals surface area (Å²) >= 11 is 0. The minimum Gasteiger partial charge on any atom is -0.347 e. The van der Waals surface area contributed by atoms with E-state index in [0.29, 0.717) is 12.1 Å². The van der Waals surface area contributed by atoms with Crippen LogP contribution in [0, 0.1) is 20.8 Å². The van der Waals surface area contributed by atoms with Crippen molar-refractivity contribution in [3.63, 3.8) is 0 Å². The number of rotatable bonds is 3. The van der Waals surface area contributed by atoms with E-state index in [9.17, 15) is 18.0 Å². The predicted molar refractivity (Wildman–Crippen MR) is 99.0 cm³/mol. The van der Waals surface area contributed by atoms with Crippen LogP contribution < -0.4 is 11.0 Å². The Morgan fingerprint density at radius 3 is 2.42 bits per heavy atom. The molecule has 7 nitrogen and oxygen atoms in total. The molecule has 0 spiro atoms. The Balaban J connectivity index is 1.94. The van der Waals surface area contributed by atoms with E-state index >= 15 is 0 Å². The van der Waals surface area contributed by atoms with E-state index in [2.05, 4.69) is 15.3 Å². The molecule has 2 N–H and O–H groups in total. The summed E-state index contributed by atoms with van der Waals surface area (Å²) < 4.78 is 23.1. The molecule has 1 aliphatic heterocycles. The first-order valence-corrected chi connectivity index (χ1v) is 10.2. The largest absolute Gasteiger partial charge is 0.347 e. The lowest BCUT2D eigenvalue weighted by Crippen LogP contribution is -2.37. The summed E-state index contributed by atoms with van der Waals surface area (Å²) in [6.07, 6.45) is 0.381. The summed E-state index contributed by atoms with van der Waals surface area (Å²) in [7, 11) is -3.10. The molecule has 26 heavy (non-hydrogen) atoms.